The Hall–Kier alpha value is -0.290. The summed E-state index contributed by atoms with van der Waals surface area (Å²) in [5.74, 6) is 0.783. The number of anilines is 1. The van der Waals surface area contributed by atoms with Gasteiger partial charge >= 0.3 is 0 Å². The van der Waals surface area contributed by atoms with E-state index >= 15 is 0 Å². The second-order valence-corrected chi connectivity index (χ2v) is 3.13. The van der Waals surface area contributed by atoms with Crippen molar-refractivity contribution in [3.8, 4) is 0 Å². The molecule has 0 aromatic carbocycles. The van der Waals surface area contributed by atoms with Gasteiger partial charge in [0.2, 0.25) is 0 Å². The zero-order chi connectivity index (χ0) is 8.39. The van der Waals surface area contributed by atoms with Crippen molar-refractivity contribution in [3.05, 3.63) is 17.3 Å². The van der Waals surface area contributed by atoms with Crippen LogP contribution in [0.2, 0.25) is 5.15 Å². The van der Waals surface area contributed by atoms with Gasteiger partial charge in [-0.05, 0) is 12.1 Å². The van der Waals surface area contributed by atoms with Gasteiger partial charge < -0.3 is 10.6 Å². The number of nitrogens with one attached hydrogen (secondary N) is 2. The van der Waals surface area contributed by atoms with Crippen molar-refractivity contribution in [2.45, 2.75) is 6.04 Å². The molecule has 7 heteroatoms. The molecule has 2 N–H and O–H groups in total. The molecule has 1 aromatic rings. The highest BCUT2D eigenvalue weighted by atomic mass is 35.5. The number of hydrogen-bond donors (Lipinski definition) is 2. The first-order chi connectivity index (χ1) is 5.84. The minimum atomic E-state index is 0. The van der Waals surface area contributed by atoms with Gasteiger partial charge in [-0.25, -0.2) is 0 Å². The number of rotatable bonds is 2. The van der Waals surface area contributed by atoms with E-state index in [1.165, 1.54) is 0 Å². The van der Waals surface area contributed by atoms with Crippen LogP contribution in [0, 0.1) is 0 Å². The molecule has 4 nitrogen and oxygen atoms in total. The van der Waals surface area contributed by atoms with E-state index in [2.05, 4.69) is 20.8 Å². The fraction of sp³-hybridized carbons (Fsp3) is 0.429. The number of halogens is 3. The third kappa shape index (κ3) is 3.46. The maximum atomic E-state index is 5.58. The van der Waals surface area contributed by atoms with Crippen LogP contribution in [0.25, 0.3) is 0 Å². The Morgan fingerprint density at radius 3 is 2.43 bits per heavy atom. The lowest BCUT2D eigenvalue weighted by atomic mass is 10.2. The van der Waals surface area contributed by atoms with Crippen molar-refractivity contribution in [2.75, 3.05) is 18.4 Å². The molecule has 0 aliphatic carbocycles. The van der Waals surface area contributed by atoms with E-state index in [0.717, 1.165) is 18.9 Å². The molecule has 2 heterocycles. The topological polar surface area (TPSA) is 49.8 Å². The van der Waals surface area contributed by atoms with E-state index in [1.807, 2.05) is 6.07 Å². The first-order valence-electron chi connectivity index (χ1n) is 3.81. The standard InChI is InChI=1S/C7H9ClN4.2ClH/c8-6-1-2-7(12-11-6)10-5-3-9-4-5;;/h1-2,5,9H,3-4H2,(H,10,12);2*1H. The molecule has 1 fully saturated rings. The number of aromatic nitrogens is 2. The van der Waals surface area contributed by atoms with Gasteiger partial charge in [0.05, 0.1) is 6.04 Å². The van der Waals surface area contributed by atoms with Crippen molar-refractivity contribution in [1.29, 1.82) is 0 Å². The minimum Gasteiger partial charge on any atom is -0.363 e. The Balaban J connectivity index is 0.000000845. The summed E-state index contributed by atoms with van der Waals surface area (Å²) >= 11 is 5.58. The monoisotopic (exact) mass is 256 g/mol. The molecule has 14 heavy (non-hydrogen) atoms. The van der Waals surface area contributed by atoms with Crippen molar-refractivity contribution in [3.63, 3.8) is 0 Å². The maximum Gasteiger partial charge on any atom is 0.151 e. The fourth-order valence-corrected chi connectivity index (χ4v) is 1.09. The average Bonchev–Trinajstić information content (AvgIpc) is 2.00. The second kappa shape index (κ2) is 6.24. The summed E-state index contributed by atoms with van der Waals surface area (Å²) in [6.45, 7) is 1.98. The molecule has 1 aliphatic heterocycles. The predicted octanol–water partition coefficient (Wildman–Crippen LogP) is 1.36. The first-order valence-corrected chi connectivity index (χ1v) is 4.19. The van der Waals surface area contributed by atoms with Crippen molar-refractivity contribution in [1.82, 2.24) is 15.5 Å². The Morgan fingerprint density at radius 2 is 2.00 bits per heavy atom. The highest BCUT2D eigenvalue weighted by molar-refractivity contribution is 6.29. The molecule has 80 valence electrons. The quantitative estimate of drug-likeness (QED) is 0.840. The van der Waals surface area contributed by atoms with E-state index in [4.69, 9.17) is 11.6 Å². The van der Waals surface area contributed by atoms with Gasteiger partial charge in [-0.3, -0.25) is 0 Å². The summed E-state index contributed by atoms with van der Waals surface area (Å²) in [4.78, 5) is 0. The van der Waals surface area contributed by atoms with Crippen molar-refractivity contribution >= 4 is 42.2 Å². The molecular weight excluding hydrogens is 246 g/mol. The molecule has 0 radical (unpaired) electrons. The molecule has 0 amide bonds. The zero-order valence-electron chi connectivity index (χ0n) is 7.24. The van der Waals surface area contributed by atoms with Gasteiger partial charge in [-0.15, -0.1) is 35.0 Å². The van der Waals surface area contributed by atoms with Crippen LogP contribution in [0.5, 0.6) is 0 Å². The Kier molecular flexibility index (Phi) is 6.11. The highest BCUT2D eigenvalue weighted by Gasteiger charge is 2.16. The predicted molar refractivity (Wildman–Crippen MR) is 61.8 cm³/mol. The summed E-state index contributed by atoms with van der Waals surface area (Å²) in [5, 5.41) is 14.4. The third-order valence-electron chi connectivity index (χ3n) is 1.77. The van der Waals surface area contributed by atoms with E-state index in [-0.39, 0.29) is 24.8 Å². The van der Waals surface area contributed by atoms with Crippen LogP contribution >= 0.6 is 36.4 Å². The van der Waals surface area contributed by atoms with Crippen molar-refractivity contribution in [2.24, 2.45) is 0 Å². The highest BCUT2D eigenvalue weighted by Crippen LogP contribution is 2.08. The average molecular weight is 258 g/mol. The van der Waals surface area contributed by atoms with Crippen LogP contribution in [-0.4, -0.2) is 29.3 Å². The summed E-state index contributed by atoms with van der Waals surface area (Å²) in [6, 6.07) is 4.04. The summed E-state index contributed by atoms with van der Waals surface area (Å²) in [5.41, 5.74) is 0. The van der Waals surface area contributed by atoms with Crippen LogP contribution in [0.4, 0.5) is 5.82 Å². The third-order valence-corrected chi connectivity index (χ3v) is 1.97. The van der Waals surface area contributed by atoms with Crippen LogP contribution in [0.15, 0.2) is 12.1 Å². The van der Waals surface area contributed by atoms with Gasteiger partial charge in [0.25, 0.3) is 0 Å². The molecule has 0 spiro atoms. The minimum absolute atomic E-state index is 0. The van der Waals surface area contributed by atoms with E-state index in [9.17, 15) is 0 Å². The van der Waals surface area contributed by atoms with E-state index < -0.39 is 0 Å². The van der Waals surface area contributed by atoms with Gasteiger partial charge in [0, 0.05) is 13.1 Å². The molecule has 2 rings (SSSR count). The van der Waals surface area contributed by atoms with Gasteiger partial charge in [-0.1, -0.05) is 11.6 Å². The van der Waals surface area contributed by atoms with Crippen molar-refractivity contribution < 1.29 is 0 Å². The zero-order valence-corrected chi connectivity index (χ0v) is 9.62. The van der Waals surface area contributed by atoms with E-state index in [0.29, 0.717) is 11.2 Å². The first kappa shape index (κ1) is 13.7. The Labute approximate surface area is 99.6 Å². The smallest absolute Gasteiger partial charge is 0.151 e. The van der Waals surface area contributed by atoms with Gasteiger partial charge in [0.1, 0.15) is 5.82 Å². The summed E-state index contributed by atoms with van der Waals surface area (Å²) in [6.07, 6.45) is 0. The van der Waals surface area contributed by atoms with Crippen LogP contribution < -0.4 is 10.6 Å². The van der Waals surface area contributed by atoms with Gasteiger partial charge in [-0.2, -0.15) is 0 Å². The summed E-state index contributed by atoms with van der Waals surface area (Å²) in [7, 11) is 0. The van der Waals surface area contributed by atoms with Crippen LogP contribution in [-0.2, 0) is 0 Å². The molecule has 0 unspecified atom stereocenters. The lowest BCUT2D eigenvalue weighted by Crippen LogP contribution is -2.51. The lowest BCUT2D eigenvalue weighted by molar-refractivity contribution is 0.470. The van der Waals surface area contributed by atoms with Gasteiger partial charge in [0.15, 0.2) is 5.15 Å². The molecule has 0 bridgehead atoms. The van der Waals surface area contributed by atoms with E-state index in [1.54, 1.807) is 6.07 Å². The lowest BCUT2D eigenvalue weighted by Gasteiger charge is -2.28. The largest absolute Gasteiger partial charge is 0.363 e. The fourth-order valence-electron chi connectivity index (χ4n) is 0.993. The Bertz CT molecular complexity index is 262. The number of nitrogens with zero attached hydrogens (tertiary/aromatic N) is 2. The number of hydrogen-bond acceptors (Lipinski definition) is 4. The molecule has 0 saturated carbocycles. The molecule has 1 aromatic heterocycles. The SMILES string of the molecule is Cl.Cl.Clc1ccc(NC2CNC2)nn1. The van der Waals surface area contributed by atoms with Crippen LogP contribution in [0.1, 0.15) is 0 Å². The molecule has 1 aliphatic rings. The normalized spacial score (nSPS) is 14.6. The molecule has 1 saturated heterocycles. The van der Waals surface area contributed by atoms with Crippen LogP contribution in [0.3, 0.4) is 0 Å². The molecular formula is C7H11Cl3N4. The summed E-state index contributed by atoms with van der Waals surface area (Å²) < 4.78 is 0. The maximum absolute atomic E-state index is 5.58. The Morgan fingerprint density at radius 1 is 1.29 bits per heavy atom. The second-order valence-electron chi connectivity index (χ2n) is 2.74. The molecule has 0 atom stereocenters.